The minimum absolute atomic E-state index is 0.126. The van der Waals surface area contributed by atoms with Gasteiger partial charge in [-0.2, -0.15) is 0 Å². The standard InChI is InChI=1S/C16H27OP.C2H6/c1-12(2)10-14(11-18)13-6-8-15(9-7-13)17-16(3,4)5;1-2/h6-9,12,14H,10-11,18H2,1-5H3;1-2H3. The molecule has 0 fully saturated rings. The van der Waals surface area contributed by atoms with Gasteiger partial charge in [0.1, 0.15) is 11.4 Å². The Morgan fingerprint density at radius 2 is 1.55 bits per heavy atom. The monoisotopic (exact) mass is 296 g/mol. The van der Waals surface area contributed by atoms with E-state index in [2.05, 4.69) is 68.1 Å². The van der Waals surface area contributed by atoms with Gasteiger partial charge in [0.25, 0.3) is 0 Å². The molecule has 0 aliphatic heterocycles. The first-order valence-electron chi connectivity index (χ1n) is 7.81. The van der Waals surface area contributed by atoms with Gasteiger partial charge in [0, 0.05) is 0 Å². The van der Waals surface area contributed by atoms with E-state index < -0.39 is 0 Å². The predicted octanol–water partition coefficient (Wildman–Crippen LogP) is 5.89. The van der Waals surface area contributed by atoms with Crippen molar-refractivity contribution in [1.82, 2.24) is 0 Å². The van der Waals surface area contributed by atoms with Gasteiger partial charge >= 0.3 is 0 Å². The van der Waals surface area contributed by atoms with Crippen LogP contribution in [0.3, 0.4) is 0 Å². The summed E-state index contributed by atoms with van der Waals surface area (Å²) in [5.74, 6) is 2.33. The van der Waals surface area contributed by atoms with Crippen LogP contribution < -0.4 is 4.74 Å². The topological polar surface area (TPSA) is 9.23 Å². The molecule has 0 aromatic heterocycles. The van der Waals surface area contributed by atoms with Crippen LogP contribution in [-0.4, -0.2) is 11.8 Å². The number of rotatable bonds is 5. The molecule has 1 rings (SSSR count). The summed E-state index contributed by atoms with van der Waals surface area (Å²) < 4.78 is 5.85. The molecular weight excluding hydrogens is 263 g/mol. The van der Waals surface area contributed by atoms with E-state index in [1.54, 1.807) is 0 Å². The van der Waals surface area contributed by atoms with Gasteiger partial charge in [0.2, 0.25) is 0 Å². The molecule has 2 heteroatoms. The van der Waals surface area contributed by atoms with Crippen LogP contribution >= 0.6 is 9.24 Å². The van der Waals surface area contributed by atoms with Crippen molar-refractivity contribution in [3.05, 3.63) is 29.8 Å². The Bertz CT molecular complexity index is 349. The highest BCUT2D eigenvalue weighted by Crippen LogP contribution is 2.28. The number of hydrogen-bond acceptors (Lipinski definition) is 1. The van der Waals surface area contributed by atoms with E-state index in [9.17, 15) is 0 Å². The highest BCUT2D eigenvalue weighted by molar-refractivity contribution is 7.16. The third-order valence-electron chi connectivity index (χ3n) is 2.82. The Kier molecular flexibility index (Phi) is 9.14. The van der Waals surface area contributed by atoms with Crippen molar-refractivity contribution in [2.45, 2.75) is 66.4 Å². The third kappa shape index (κ3) is 7.90. The van der Waals surface area contributed by atoms with Crippen LogP contribution in [0.2, 0.25) is 0 Å². The average molecular weight is 296 g/mol. The maximum atomic E-state index is 5.85. The molecule has 0 spiro atoms. The fraction of sp³-hybridized carbons (Fsp3) is 0.667. The van der Waals surface area contributed by atoms with Gasteiger partial charge in [-0.15, -0.1) is 9.24 Å². The van der Waals surface area contributed by atoms with E-state index >= 15 is 0 Å². The average Bonchev–Trinajstić information content (AvgIpc) is 2.37. The van der Waals surface area contributed by atoms with Gasteiger partial charge in [0.15, 0.2) is 0 Å². The van der Waals surface area contributed by atoms with Crippen LogP contribution in [0.25, 0.3) is 0 Å². The Labute approximate surface area is 128 Å². The summed E-state index contributed by atoms with van der Waals surface area (Å²) in [6.07, 6.45) is 2.36. The summed E-state index contributed by atoms with van der Waals surface area (Å²) in [6.45, 7) is 14.8. The fourth-order valence-corrected chi connectivity index (χ4v) is 2.56. The molecule has 1 aromatic rings. The van der Waals surface area contributed by atoms with Crippen molar-refractivity contribution in [3.8, 4) is 5.75 Å². The largest absolute Gasteiger partial charge is 0.488 e. The van der Waals surface area contributed by atoms with Gasteiger partial charge in [-0.1, -0.05) is 39.8 Å². The highest BCUT2D eigenvalue weighted by atomic mass is 31.0. The fourth-order valence-electron chi connectivity index (χ4n) is 2.10. The van der Waals surface area contributed by atoms with Crippen molar-refractivity contribution in [2.24, 2.45) is 5.92 Å². The van der Waals surface area contributed by atoms with E-state index in [1.165, 1.54) is 12.0 Å². The van der Waals surface area contributed by atoms with Crippen molar-refractivity contribution in [2.75, 3.05) is 6.16 Å². The van der Waals surface area contributed by atoms with Crippen LogP contribution in [0.1, 0.15) is 66.4 Å². The zero-order valence-electron chi connectivity index (χ0n) is 14.4. The molecule has 0 saturated heterocycles. The summed E-state index contributed by atoms with van der Waals surface area (Å²) >= 11 is 0. The number of ether oxygens (including phenoxy) is 1. The number of hydrogen-bond donors (Lipinski definition) is 0. The van der Waals surface area contributed by atoms with Crippen LogP contribution in [0, 0.1) is 5.92 Å². The third-order valence-corrected chi connectivity index (χ3v) is 3.39. The number of benzene rings is 1. The van der Waals surface area contributed by atoms with E-state index in [0.29, 0.717) is 5.92 Å². The molecule has 0 aliphatic rings. The molecule has 1 nitrogen and oxygen atoms in total. The lowest BCUT2D eigenvalue weighted by molar-refractivity contribution is 0.131. The first-order chi connectivity index (χ1) is 9.31. The highest BCUT2D eigenvalue weighted by Gasteiger charge is 2.14. The lowest BCUT2D eigenvalue weighted by atomic mass is 9.92. The summed E-state index contributed by atoms with van der Waals surface area (Å²) in [5, 5.41) is 0. The van der Waals surface area contributed by atoms with Gasteiger partial charge < -0.3 is 4.74 Å². The summed E-state index contributed by atoms with van der Waals surface area (Å²) in [5.41, 5.74) is 1.29. The molecule has 116 valence electrons. The lowest BCUT2D eigenvalue weighted by Crippen LogP contribution is -2.22. The van der Waals surface area contributed by atoms with E-state index in [1.807, 2.05) is 13.8 Å². The van der Waals surface area contributed by atoms with Crippen molar-refractivity contribution in [3.63, 3.8) is 0 Å². The van der Waals surface area contributed by atoms with Crippen LogP contribution in [0.5, 0.6) is 5.75 Å². The molecule has 2 atom stereocenters. The second-order valence-corrected chi connectivity index (χ2v) is 6.82. The Morgan fingerprint density at radius 3 is 1.90 bits per heavy atom. The quantitative estimate of drug-likeness (QED) is 0.615. The van der Waals surface area contributed by atoms with Crippen LogP contribution in [0.15, 0.2) is 24.3 Å². The maximum Gasteiger partial charge on any atom is 0.120 e. The van der Waals surface area contributed by atoms with Crippen molar-refractivity contribution < 1.29 is 4.74 Å². The lowest BCUT2D eigenvalue weighted by Gasteiger charge is -2.22. The second-order valence-electron chi connectivity index (χ2n) is 6.35. The Hall–Kier alpha value is -0.550. The van der Waals surface area contributed by atoms with Gasteiger partial charge in [-0.3, -0.25) is 0 Å². The van der Waals surface area contributed by atoms with E-state index in [-0.39, 0.29) is 5.60 Å². The molecule has 20 heavy (non-hydrogen) atoms. The normalized spacial score (nSPS) is 12.7. The summed E-state index contributed by atoms with van der Waals surface area (Å²) in [6, 6.07) is 8.60. The Balaban J connectivity index is 0.00000172. The van der Waals surface area contributed by atoms with Gasteiger partial charge in [-0.25, -0.2) is 0 Å². The maximum absolute atomic E-state index is 5.85. The first kappa shape index (κ1) is 19.4. The SMILES string of the molecule is CC.CC(C)CC(CP)c1ccc(OC(C)(C)C)cc1. The van der Waals surface area contributed by atoms with Crippen molar-refractivity contribution >= 4 is 9.24 Å². The predicted molar refractivity (Wildman–Crippen MR) is 94.9 cm³/mol. The molecule has 0 radical (unpaired) electrons. The smallest absolute Gasteiger partial charge is 0.120 e. The minimum Gasteiger partial charge on any atom is -0.488 e. The Morgan fingerprint density at radius 1 is 1.05 bits per heavy atom. The molecule has 0 heterocycles. The van der Waals surface area contributed by atoms with E-state index in [4.69, 9.17) is 4.74 Å². The molecule has 0 amide bonds. The molecule has 0 saturated carbocycles. The van der Waals surface area contributed by atoms with Gasteiger partial charge in [-0.05, 0) is 62.9 Å². The zero-order chi connectivity index (χ0) is 15.8. The molecule has 1 aromatic carbocycles. The van der Waals surface area contributed by atoms with E-state index in [0.717, 1.165) is 17.8 Å². The van der Waals surface area contributed by atoms with Gasteiger partial charge in [0.05, 0.1) is 0 Å². The van der Waals surface area contributed by atoms with Crippen molar-refractivity contribution in [1.29, 1.82) is 0 Å². The summed E-state index contributed by atoms with van der Waals surface area (Å²) in [4.78, 5) is 0. The first-order valence-corrected chi connectivity index (χ1v) is 8.62. The molecule has 2 unspecified atom stereocenters. The molecule has 0 bridgehead atoms. The molecule has 0 N–H and O–H groups in total. The van der Waals surface area contributed by atoms with Crippen LogP contribution in [0.4, 0.5) is 0 Å². The zero-order valence-corrected chi connectivity index (χ0v) is 15.5. The molecular formula is C18H33OP. The minimum atomic E-state index is -0.126. The second kappa shape index (κ2) is 9.40. The summed E-state index contributed by atoms with van der Waals surface area (Å²) in [7, 11) is 2.87. The van der Waals surface area contributed by atoms with Crippen LogP contribution in [-0.2, 0) is 0 Å². The molecule has 0 aliphatic carbocycles.